The van der Waals surface area contributed by atoms with Gasteiger partial charge in [0.15, 0.2) is 0 Å². The van der Waals surface area contributed by atoms with Crippen molar-refractivity contribution in [3.63, 3.8) is 0 Å². The average Bonchev–Trinajstić information content (AvgIpc) is 2.09. The van der Waals surface area contributed by atoms with Crippen LogP contribution in [0.3, 0.4) is 0 Å². The predicted octanol–water partition coefficient (Wildman–Crippen LogP) is 1.53. The SMILES string of the molecule is NC1CN(Cc2nc(Cl)ccc2Cl)C1. The molecule has 1 aliphatic heterocycles. The van der Waals surface area contributed by atoms with Gasteiger partial charge in [0.2, 0.25) is 0 Å². The van der Waals surface area contributed by atoms with E-state index in [9.17, 15) is 0 Å². The molecule has 1 aromatic rings. The summed E-state index contributed by atoms with van der Waals surface area (Å²) >= 11 is 11.8. The van der Waals surface area contributed by atoms with Gasteiger partial charge in [0.05, 0.1) is 10.7 Å². The second-order valence-electron chi connectivity index (χ2n) is 3.52. The van der Waals surface area contributed by atoms with Crippen molar-refractivity contribution in [1.82, 2.24) is 9.88 Å². The third-order valence-electron chi connectivity index (χ3n) is 2.24. The number of likely N-dealkylation sites (tertiary alicyclic amines) is 1. The third-order valence-corrected chi connectivity index (χ3v) is 2.80. The van der Waals surface area contributed by atoms with Crippen molar-refractivity contribution >= 4 is 23.2 Å². The summed E-state index contributed by atoms with van der Waals surface area (Å²) in [7, 11) is 0. The molecule has 1 aliphatic rings. The zero-order valence-electron chi connectivity index (χ0n) is 7.58. The molecule has 14 heavy (non-hydrogen) atoms. The van der Waals surface area contributed by atoms with Crippen molar-refractivity contribution in [2.45, 2.75) is 12.6 Å². The van der Waals surface area contributed by atoms with E-state index in [0.29, 0.717) is 16.2 Å². The monoisotopic (exact) mass is 231 g/mol. The molecule has 0 saturated carbocycles. The molecule has 0 aromatic carbocycles. The molecule has 0 spiro atoms. The van der Waals surface area contributed by atoms with Crippen LogP contribution in [0.1, 0.15) is 5.69 Å². The fourth-order valence-corrected chi connectivity index (χ4v) is 1.85. The van der Waals surface area contributed by atoms with Crippen molar-refractivity contribution in [3.8, 4) is 0 Å². The average molecular weight is 232 g/mol. The number of nitrogens with two attached hydrogens (primary N) is 1. The predicted molar refractivity (Wildman–Crippen MR) is 57.5 cm³/mol. The van der Waals surface area contributed by atoms with E-state index >= 15 is 0 Å². The lowest BCUT2D eigenvalue weighted by Crippen LogP contribution is -2.55. The van der Waals surface area contributed by atoms with E-state index in [-0.39, 0.29) is 0 Å². The Morgan fingerprint density at radius 3 is 2.79 bits per heavy atom. The van der Waals surface area contributed by atoms with Gasteiger partial charge in [-0.15, -0.1) is 0 Å². The Bertz CT molecular complexity index is 337. The zero-order chi connectivity index (χ0) is 10.1. The Morgan fingerprint density at radius 2 is 2.14 bits per heavy atom. The largest absolute Gasteiger partial charge is 0.325 e. The van der Waals surface area contributed by atoms with E-state index in [1.54, 1.807) is 12.1 Å². The Hall–Kier alpha value is -0.350. The molecule has 2 heterocycles. The Balaban J connectivity index is 2.05. The smallest absolute Gasteiger partial charge is 0.129 e. The summed E-state index contributed by atoms with van der Waals surface area (Å²) < 4.78 is 0. The van der Waals surface area contributed by atoms with Crippen LogP contribution in [0.4, 0.5) is 0 Å². The van der Waals surface area contributed by atoms with Crippen LogP contribution < -0.4 is 5.73 Å². The summed E-state index contributed by atoms with van der Waals surface area (Å²) in [6.45, 7) is 2.54. The molecule has 1 saturated heterocycles. The summed E-state index contributed by atoms with van der Waals surface area (Å²) in [5.74, 6) is 0. The van der Waals surface area contributed by atoms with Crippen LogP contribution in [0.5, 0.6) is 0 Å². The van der Waals surface area contributed by atoms with Crippen LogP contribution in [-0.4, -0.2) is 29.0 Å². The van der Waals surface area contributed by atoms with Gasteiger partial charge < -0.3 is 5.73 Å². The number of aromatic nitrogens is 1. The molecule has 0 aliphatic carbocycles. The highest BCUT2D eigenvalue weighted by atomic mass is 35.5. The van der Waals surface area contributed by atoms with E-state index < -0.39 is 0 Å². The van der Waals surface area contributed by atoms with E-state index in [0.717, 1.165) is 25.3 Å². The minimum absolute atomic E-state index is 0.299. The first kappa shape index (κ1) is 10.2. The van der Waals surface area contributed by atoms with Gasteiger partial charge in [0.1, 0.15) is 5.15 Å². The molecule has 2 N–H and O–H groups in total. The van der Waals surface area contributed by atoms with Crippen molar-refractivity contribution in [3.05, 3.63) is 28.0 Å². The molecule has 2 rings (SSSR count). The molecule has 0 atom stereocenters. The molecule has 0 unspecified atom stereocenters. The fraction of sp³-hybridized carbons (Fsp3) is 0.444. The normalized spacial score (nSPS) is 18.2. The van der Waals surface area contributed by atoms with Gasteiger partial charge in [-0.05, 0) is 12.1 Å². The second-order valence-corrected chi connectivity index (χ2v) is 4.31. The summed E-state index contributed by atoms with van der Waals surface area (Å²) in [5.41, 5.74) is 6.49. The van der Waals surface area contributed by atoms with Gasteiger partial charge in [0, 0.05) is 25.7 Å². The Kier molecular flexibility index (Phi) is 2.93. The van der Waals surface area contributed by atoms with Crippen LogP contribution in [-0.2, 0) is 6.54 Å². The van der Waals surface area contributed by atoms with E-state index in [1.165, 1.54) is 0 Å². The lowest BCUT2D eigenvalue weighted by molar-refractivity contribution is 0.140. The third kappa shape index (κ3) is 2.17. The first-order valence-corrected chi connectivity index (χ1v) is 5.19. The fourth-order valence-electron chi connectivity index (χ4n) is 1.52. The summed E-state index contributed by atoms with van der Waals surface area (Å²) in [5, 5.41) is 1.14. The lowest BCUT2D eigenvalue weighted by Gasteiger charge is -2.36. The van der Waals surface area contributed by atoms with Crippen LogP contribution in [0.2, 0.25) is 10.2 Å². The number of pyridine rings is 1. The van der Waals surface area contributed by atoms with Crippen LogP contribution in [0.25, 0.3) is 0 Å². The number of nitrogens with zero attached hydrogens (tertiary/aromatic N) is 2. The number of halogens is 2. The molecule has 1 aromatic heterocycles. The molecule has 0 radical (unpaired) electrons. The summed E-state index contributed by atoms with van der Waals surface area (Å²) in [6.07, 6.45) is 0. The van der Waals surface area contributed by atoms with E-state index in [2.05, 4.69) is 9.88 Å². The topological polar surface area (TPSA) is 42.1 Å². The second kappa shape index (κ2) is 4.03. The molecule has 76 valence electrons. The molecule has 1 fully saturated rings. The standard InChI is InChI=1S/C9H11Cl2N3/c10-7-1-2-9(11)13-8(7)5-14-3-6(12)4-14/h1-2,6H,3-5,12H2. The highest BCUT2D eigenvalue weighted by molar-refractivity contribution is 6.32. The summed E-state index contributed by atoms with van der Waals surface area (Å²) in [6, 6.07) is 3.76. The first-order valence-electron chi connectivity index (χ1n) is 4.44. The maximum Gasteiger partial charge on any atom is 0.129 e. The molecular formula is C9H11Cl2N3. The number of rotatable bonds is 2. The van der Waals surface area contributed by atoms with Crippen molar-refractivity contribution in [2.24, 2.45) is 5.73 Å². The minimum atomic E-state index is 0.299. The van der Waals surface area contributed by atoms with Gasteiger partial charge in [-0.1, -0.05) is 23.2 Å². The van der Waals surface area contributed by atoms with Crippen molar-refractivity contribution < 1.29 is 0 Å². The molecule has 0 amide bonds. The molecule has 5 heteroatoms. The van der Waals surface area contributed by atoms with E-state index in [1.807, 2.05) is 0 Å². The van der Waals surface area contributed by atoms with Gasteiger partial charge in [0.25, 0.3) is 0 Å². The van der Waals surface area contributed by atoms with Gasteiger partial charge >= 0.3 is 0 Å². The van der Waals surface area contributed by atoms with Crippen molar-refractivity contribution in [1.29, 1.82) is 0 Å². The Labute approximate surface area is 92.8 Å². The minimum Gasteiger partial charge on any atom is -0.325 e. The quantitative estimate of drug-likeness (QED) is 0.786. The van der Waals surface area contributed by atoms with Gasteiger partial charge in [-0.25, -0.2) is 4.98 Å². The number of hydrogen-bond donors (Lipinski definition) is 1. The molecule has 3 nitrogen and oxygen atoms in total. The molecule has 0 bridgehead atoms. The van der Waals surface area contributed by atoms with E-state index in [4.69, 9.17) is 28.9 Å². The lowest BCUT2D eigenvalue weighted by atomic mass is 10.1. The molecular weight excluding hydrogens is 221 g/mol. The summed E-state index contributed by atoms with van der Waals surface area (Å²) in [4.78, 5) is 6.36. The number of hydrogen-bond acceptors (Lipinski definition) is 3. The highest BCUT2D eigenvalue weighted by Gasteiger charge is 2.23. The van der Waals surface area contributed by atoms with Crippen LogP contribution in [0, 0.1) is 0 Å². The first-order chi connectivity index (χ1) is 6.65. The maximum absolute atomic E-state index is 5.98. The van der Waals surface area contributed by atoms with Crippen LogP contribution >= 0.6 is 23.2 Å². The maximum atomic E-state index is 5.98. The van der Waals surface area contributed by atoms with Crippen LogP contribution in [0.15, 0.2) is 12.1 Å². The van der Waals surface area contributed by atoms with Gasteiger partial charge in [-0.2, -0.15) is 0 Å². The Morgan fingerprint density at radius 1 is 1.43 bits per heavy atom. The van der Waals surface area contributed by atoms with Crippen molar-refractivity contribution in [2.75, 3.05) is 13.1 Å². The highest BCUT2D eigenvalue weighted by Crippen LogP contribution is 2.20. The van der Waals surface area contributed by atoms with Gasteiger partial charge in [-0.3, -0.25) is 4.90 Å². The zero-order valence-corrected chi connectivity index (χ0v) is 9.09.